The van der Waals surface area contributed by atoms with Gasteiger partial charge in [0.2, 0.25) is 0 Å². The summed E-state index contributed by atoms with van der Waals surface area (Å²) in [4.78, 5) is 13.6. The van der Waals surface area contributed by atoms with Crippen molar-refractivity contribution in [1.29, 1.82) is 0 Å². The van der Waals surface area contributed by atoms with E-state index in [2.05, 4.69) is 28.4 Å². The number of benzene rings is 1. The van der Waals surface area contributed by atoms with Gasteiger partial charge in [-0.1, -0.05) is 29.8 Å². The summed E-state index contributed by atoms with van der Waals surface area (Å²) in [5, 5.41) is 6.55. The number of rotatable bonds is 11. The Hall–Kier alpha value is -2.02. The fourth-order valence-electron chi connectivity index (χ4n) is 3.10. The van der Waals surface area contributed by atoms with Gasteiger partial charge in [0, 0.05) is 38.3 Å². The van der Waals surface area contributed by atoms with E-state index in [4.69, 9.17) is 9.47 Å². The first-order chi connectivity index (χ1) is 13.6. The number of hydrogen-bond acceptors (Lipinski definition) is 6. The minimum Gasteiger partial charge on any atom is -0.492 e. The zero-order valence-corrected chi connectivity index (χ0v) is 17.4. The molecular formula is C22H33N3O3. The Kier molecular flexibility index (Phi) is 9.90. The van der Waals surface area contributed by atoms with Crippen molar-refractivity contribution in [2.75, 3.05) is 46.0 Å². The molecule has 0 spiro atoms. The highest BCUT2D eigenvalue weighted by Crippen LogP contribution is 2.19. The topological polar surface area (TPSA) is 63.2 Å². The molecule has 1 heterocycles. The highest BCUT2D eigenvalue weighted by Gasteiger charge is 2.11. The fourth-order valence-corrected chi connectivity index (χ4v) is 3.10. The Morgan fingerprint density at radius 1 is 1.29 bits per heavy atom. The quantitative estimate of drug-likeness (QED) is 0.461. The molecule has 1 aromatic rings. The largest absolute Gasteiger partial charge is 0.492 e. The zero-order chi connectivity index (χ0) is 20.2. The van der Waals surface area contributed by atoms with Gasteiger partial charge in [0.15, 0.2) is 0 Å². The molecule has 0 unspecified atom stereocenters. The van der Waals surface area contributed by atoms with E-state index >= 15 is 0 Å². The van der Waals surface area contributed by atoms with Gasteiger partial charge in [-0.25, -0.2) is 0 Å². The zero-order valence-electron chi connectivity index (χ0n) is 17.4. The van der Waals surface area contributed by atoms with Crippen molar-refractivity contribution in [3.05, 3.63) is 57.7 Å². The van der Waals surface area contributed by atoms with Crippen molar-refractivity contribution < 1.29 is 9.47 Å². The molecule has 1 saturated heterocycles. The molecule has 1 aliphatic heterocycles. The lowest BCUT2D eigenvalue weighted by Gasteiger charge is -2.26. The molecule has 0 aromatic heterocycles. The van der Waals surface area contributed by atoms with Crippen LogP contribution >= 0.6 is 0 Å². The van der Waals surface area contributed by atoms with E-state index < -0.39 is 0 Å². The van der Waals surface area contributed by atoms with E-state index in [1.54, 1.807) is 0 Å². The van der Waals surface area contributed by atoms with Crippen molar-refractivity contribution in [3.8, 4) is 5.75 Å². The Balaban J connectivity index is 1.84. The molecule has 1 aliphatic rings. The van der Waals surface area contributed by atoms with Crippen LogP contribution in [0.5, 0.6) is 5.75 Å². The van der Waals surface area contributed by atoms with E-state index in [1.165, 1.54) is 5.57 Å². The first-order valence-electron chi connectivity index (χ1n) is 9.99. The number of para-hydroxylation sites is 1. The monoisotopic (exact) mass is 387 g/mol. The molecule has 2 rings (SSSR count). The highest BCUT2D eigenvalue weighted by molar-refractivity contribution is 5.33. The molecule has 1 fully saturated rings. The maximum Gasteiger partial charge on any atom is 0.123 e. The number of nitrogens with one attached hydrogen (secondary N) is 1. The van der Waals surface area contributed by atoms with Gasteiger partial charge in [0.05, 0.1) is 18.9 Å². The molecule has 1 aromatic carbocycles. The molecule has 6 nitrogen and oxygen atoms in total. The average molecular weight is 388 g/mol. The molecule has 0 aliphatic carbocycles. The Bertz CT molecular complexity index is 679. The fraction of sp³-hybridized carbons (Fsp3) is 0.545. The van der Waals surface area contributed by atoms with Crippen LogP contribution in [-0.4, -0.2) is 50.9 Å². The molecule has 1 N–H and O–H groups in total. The van der Waals surface area contributed by atoms with Crippen molar-refractivity contribution >= 4 is 0 Å². The number of nitroso groups, excluding NO2 is 1. The molecule has 6 heteroatoms. The van der Waals surface area contributed by atoms with Gasteiger partial charge in [0.25, 0.3) is 0 Å². The van der Waals surface area contributed by atoms with Gasteiger partial charge in [-0.05, 0) is 44.0 Å². The SMILES string of the molecule is CC=C(C)C/C(C)=C(\CNCc1ccccc1OCCN1CCOCC1)N=O. The minimum absolute atomic E-state index is 0.453. The maximum atomic E-state index is 11.2. The minimum atomic E-state index is 0.453. The highest BCUT2D eigenvalue weighted by atomic mass is 16.5. The van der Waals surface area contributed by atoms with Crippen LogP contribution in [0.2, 0.25) is 0 Å². The molecule has 0 amide bonds. The van der Waals surface area contributed by atoms with Gasteiger partial charge in [-0.3, -0.25) is 4.90 Å². The Morgan fingerprint density at radius 2 is 2.04 bits per heavy atom. The Morgan fingerprint density at radius 3 is 2.75 bits per heavy atom. The second-order valence-electron chi connectivity index (χ2n) is 7.14. The van der Waals surface area contributed by atoms with Crippen LogP contribution in [0.3, 0.4) is 0 Å². The number of nitrogens with zero attached hydrogens (tertiary/aromatic N) is 2. The summed E-state index contributed by atoms with van der Waals surface area (Å²) in [5.74, 6) is 0.884. The normalized spacial score (nSPS) is 16.6. The van der Waals surface area contributed by atoms with Crippen LogP contribution < -0.4 is 10.1 Å². The molecule has 28 heavy (non-hydrogen) atoms. The number of ether oxygens (including phenoxy) is 2. The lowest BCUT2D eigenvalue weighted by Crippen LogP contribution is -2.38. The van der Waals surface area contributed by atoms with E-state index in [9.17, 15) is 4.91 Å². The lowest BCUT2D eigenvalue weighted by molar-refractivity contribution is 0.0322. The van der Waals surface area contributed by atoms with Crippen LogP contribution in [0, 0.1) is 4.91 Å². The van der Waals surface area contributed by atoms with Crippen LogP contribution in [0.1, 0.15) is 32.8 Å². The Labute approximate surface area is 168 Å². The van der Waals surface area contributed by atoms with Gasteiger partial charge < -0.3 is 14.8 Å². The van der Waals surface area contributed by atoms with Gasteiger partial charge in [-0.2, -0.15) is 0 Å². The van der Waals surface area contributed by atoms with Crippen molar-refractivity contribution in [2.24, 2.45) is 5.18 Å². The molecule has 154 valence electrons. The summed E-state index contributed by atoms with van der Waals surface area (Å²) >= 11 is 0. The van der Waals surface area contributed by atoms with Crippen LogP contribution in [0.25, 0.3) is 0 Å². The van der Waals surface area contributed by atoms with E-state index in [-0.39, 0.29) is 0 Å². The average Bonchev–Trinajstić information content (AvgIpc) is 2.72. The second kappa shape index (κ2) is 12.4. The third kappa shape index (κ3) is 7.54. The van der Waals surface area contributed by atoms with Gasteiger partial charge >= 0.3 is 0 Å². The van der Waals surface area contributed by atoms with Crippen molar-refractivity contribution in [2.45, 2.75) is 33.7 Å². The summed E-state index contributed by atoms with van der Waals surface area (Å²) in [6.07, 6.45) is 2.84. The smallest absolute Gasteiger partial charge is 0.123 e. The van der Waals surface area contributed by atoms with Crippen molar-refractivity contribution in [1.82, 2.24) is 10.2 Å². The third-order valence-electron chi connectivity index (χ3n) is 4.99. The van der Waals surface area contributed by atoms with Crippen molar-refractivity contribution in [3.63, 3.8) is 0 Å². The summed E-state index contributed by atoms with van der Waals surface area (Å²) < 4.78 is 11.4. The molecule has 0 saturated carbocycles. The molecule has 0 radical (unpaired) electrons. The maximum absolute atomic E-state index is 11.2. The lowest BCUT2D eigenvalue weighted by atomic mass is 10.1. The number of morpholine rings is 1. The summed E-state index contributed by atoms with van der Waals surface area (Å²) in [7, 11) is 0. The summed E-state index contributed by atoms with van der Waals surface area (Å²) in [6.45, 7) is 12.2. The van der Waals surface area contributed by atoms with Gasteiger partial charge in [-0.15, -0.1) is 4.91 Å². The standard InChI is InChI=1S/C22H33N3O3/c1-4-18(2)15-19(3)21(24-26)17-23-16-20-7-5-6-8-22(20)28-14-11-25-9-12-27-13-10-25/h4-8,23H,9-17H2,1-3H3/b18-4?,21-19+. The predicted molar refractivity (Wildman–Crippen MR) is 113 cm³/mol. The van der Waals surface area contributed by atoms with Gasteiger partial charge in [0.1, 0.15) is 12.4 Å². The predicted octanol–water partition coefficient (Wildman–Crippen LogP) is 3.88. The third-order valence-corrected chi connectivity index (χ3v) is 4.99. The van der Waals surface area contributed by atoms with E-state index in [1.807, 2.05) is 38.1 Å². The molecular weight excluding hydrogens is 354 g/mol. The summed E-state index contributed by atoms with van der Waals surface area (Å²) in [6, 6.07) is 8.02. The first kappa shape index (κ1) is 22.3. The second-order valence-corrected chi connectivity index (χ2v) is 7.14. The number of allylic oxidation sites excluding steroid dienone is 3. The van der Waals surface area contributed by atoms with Crippen LogP contribution in [0.15, 0.2) is 52.4 Å². The molecule has 0 bridgehead atoms. The first-order valence-corrected chi connectivity index (χ1v) is 9.99. The van der Waals surface area contributed by atoms with Crippen LogP contribution in [0.4, 0.5) is 0 Å². The number of hydrogen-bond donors (Lipinski definition) is 1. The van der Waals surface area contributed by atoms with Crippen LogP contribution in [-0.2, 0) is 11.3 Å². The molecule has 0 atom stereocenters. The van der Waals surface area contributed by atoms with E-state index in [0.717, 1.165) is 56.2 Å². The summed E-state index contributed by atoms with van der Waals surface area (Å²) in [5.41, 5.74) is 3.90. The van der Waals surface area contributed by atoms with E-state index in [0.29, 0.717) is 25.4 Å².